The second-order valence-corrected chi connectivity index (χ2v) is 9.05. The Kier molecular flexibility index (Phi) is 5.16. The van der Waals surface area contributed by atoms with Crippen LogP contribution in [0.1, 0.15) is 57.4 Å². The van der Waals surface area contributed by atoms with E-state index in [4.69, 9.17) is 0 Å². The normalized spacial score (nSPS) is 19.1. The van der Waals surface area contributed by atoms with Gasteiger partial charge < -0.3 is 4.90 Å². The third-order valence-electron chi connectivity index (χ3n) is 5.77. The molecule has 0 aliphatic heterocycles. The minimum atomic E-state index is -0.293. The molecule has 152 valence electrons. The first-order valence-corrected chi connectivity index (χ1v) is 11.5. The van der Waals surface area contributed by atoms with Crippen LogP contribution in [0.5, 0.6) is 0 Å². The van der Waals surface area contributed by atoms with Gasteiger partial charge in [-0.2, -0.15) is 0 Å². The maximum Gasteiger partial charge on any atom is 0.237 e. The molecule has 3 aliphatic carbocycles. The SMILES string of the molecule is O=C(CSc1nnc(-c2ccccc2F)n1C1CC1)N(C1=CCCCC1)C1CC1. The van der Waals surface area contributed by atoms with Gasteiger partial charge in [0.2, 0.25) is 5.91 Å². The van der Waals surface area contributed by atoms with Crippen molar-refractivity contribution in [1.29, 1.82) is 0 Å². The lowest BCUT2D eigenvalue weighted by molar-refractivity contribution is -0.127. The number of rotatable bonds is 7. The van der Waals surface area contributed by atoms with Crippen LogP contribution in [0.25, 0.3) is 11.4 Å². The summed E-state index contributed by atoms with van der Waals surface area (Å²) in [6.07, 6.45) is 11.0. The molecule has 0 radical (unpaired) electrons. The summed E-state index contributed by atoms with van der Waals surface area (Å²) in [4.78, 5) is 15.1. The third-order valence-corrected chi connectivity index (χ3v) is 6.70. The van der Waals surface area contributed by atoms with Crippen LogP contribution in [0.15, 0.2) is 41.2 Å². The van der Waals surface area contributed by atoms with Gasteiger partial charge in [-0.15, -0.1) is 10.2 Å². The highest BCUT2D eigenvalue weighted by Crippen LogP contribution is 2.42. The summed E-state index contributed by atoms with van der Waals surface area (Å²) in [7, 11) is 0. The van der Waals surface area contributed by atoms with E-state index in [0.717, 1.165) is 44.9 Å². The number of carbonyl (C=O) groups excluding carboxylic acids is 1. The van der Waals surface area contributed by atoms with E-state index >= 15 is 0 Å². The molecule has 2 fully saturated rings. The first-order valence-electron chi connectivity index (χ1n) is 10.6. The van der Waals surface area contributed by atoms with Crippen LogP contribution in [0.2, 0.25) is 0 Å². The monoisotopic (exact) mass is 412 g/mol. The predicted molar refractivity (Wildman–Crippen MR) is 111 cm³/mol. The van der Waals surface area contributed by atoms with Crippen molar-refractivity contribution in [2.75, 3.05) is 5.75 Å². The van der Waals surface area contributed by atoms with E-state index in [0.29, 0.717) is 34.4 Å². The average Bonchev–Trinajstić information content (AvgIpc) is 3.67. The number of benzene rings is 1. The molecular formula is C22H25FN4OS. The second-order valence-electron chi connectivity index (χ2n) is 8.11. The van der Waals surface area contributed by atoms with Crippen LogP contribution >= 0.6 is 11.8 Å². The van der Waals surface area contributed by atoms with Crippen molar-refractivity contribution in [3.05, 3.63) is 41.9 Å². The van der Waals surface area contributed by atoms with Crippen molar-refractivity contribution in [1.82, 2.24) is 19.7 Å². The fourth-order valence-electron chi connectivity index (χ4n) is 4.03. The summed E-state index contributed by atoms with van der Waals surface area (Å²) in [5.74, 6) is 0.771. The topological polar surface area (TPSA) is 51.0 Å². The summed E-state index contributed by atoms with van der Waals surface area (Å²) in [6.45, 7) is 0. The minimum absolute atomic E-state index is 0.156. The first-order chi connectivity index (χ1) is 14.2. The molecule has 0 bridgehead atoms. The molecule has 29 heavy (non-hydrogen) atoms. The van der Waals surface area contributed by atoms with Crippen molar-refractivity contribution in [3.8, 4) is 11.4 Å². The number of amides is 1. The van der Waals surface area contributed by atoms with Crippen LogP contribution in [0.4, 0.5) is 4.39 Å². The largest absolute Gasteiger partial charge is 0.313 e. The molecule has 7 heteroatoms. The Balaban J connectivity index is 1.35. The summed E-state index contributed by atoms with van der Waals surface area (Å²) >= 11 is 1.43. The van der Waals surface area contributed by atoms with Gasteiger partial charge in [-0.25, -0.2) is 4.39 Å². The van der Waals surface area contributed by atoms with Crippen LogP contribution in [0.3, 0.4) is 0 Å². The molecule has 1 amide bonds. The molecule has 0 unspecified atom stereocenters. The van der Waals surface area contributed by atoms with E-state index < -0.39 is 0 Å². The Bertz CT molecular complexity index is 948. The van der Waals surface area contributed by atoms with Gasteiger partial charge in [-0.1, -0.05) is 30.0 Å². The van der Waals surface area contributed by atoms with E-state index in [2.05, 4.69) is 16.3 Å². The van der Waals surface area contributed by atoms with Crippen molar-refractivity contribution < 1.29 is 9.18 Å². The summed E-state index contributed by atoms with van der Waals surface area (Å²) in [5.41, 5.74) is 1.68. The number of nitrogens with zero attached hydrogens (tertiary/aromatic N) is 4. The molecule has 1 heterocycles. The van der Waals surface area contributed by atoms with E-state index in [-0.39, 0.29) is 11.7 Å². The van der Waals surface area contributed by atoms with E-state index in [9.17, 15) is 9.18 Å². The summed E-state index contributed by atoms with van der Waals surface area (Å²) in [6, 6.07) is 7.36. The molecule has 2 saturated carbocycles. The lowest BCUT2D eigenvalue weighted by Crippen LogP contribution is -2.34. The Morgan fingerprint density at radius 1 is 1.17 bits per heavy atom. The zero-order valence-electron chi connectivity index (χ0n) is 16.4. The van der Waals surface area contributed by atoms with Crippen molar-refractivity contribution in [3.63, 3.8) is 0 Å². The molecule has 0 saturated heterocycles. The standard InChI is InChI=1S/C22H25FN4OS/c23-19-9-5-4-8-18(19)21-24-25-22(27(21)17-12-13-17)29-14-20(28)26(16-10-11-16)15-6-2-1-3-7-15/h4-6,8-9,16-17H,1-3,7,10-14H2. The number of aromatic nitrogens is 3. The number of hydrogen-bond acceptors (Lipinski definition) is 4. The van der Waals surface area contributed by atoms with Gasteiger partial charge in [0.25, 0.3) is 0 Å². The fraction of sp³-hybridized carbons (Fsp3) is 0.500. The molecule has 2 aromatic rings. The van der Waals surface area contributed by atoms with Crippen LogP contribution in [-0.2, 0) is 4.79 Å². The molecule has 0 N–H and O–H groups in total. The third kappa shape index (κ3) is 3.97. The number of hydrogen-bond donors (Lipinski definition) is 0. The van der Waals surface area contributed by atoms with Gasteiger partial charge in [0.15, 0.2) is 11.0 Å². The quantitative estimate of drug-likeness (QED) is 0.603. The second kappa shape index (κ2) is 7.94. The molecule has 1 aromatic heterocycles. The van der Waals surface area contributed by atoms with Gasteiger partial charge in [0, 0.05) is 17.8 Å². The Morgan fingerprint density at radius 3 is 2.69 bits per heavy atom. The summed E-state index contributed by atoms with van der Waals surface area (Å²) < 4.78 is 16.3. The van der Waals surface area contributed by atoms with Crippen LogP contribution in [-0.4, -0.2) is 37.4 Å². The molecule has 0 spiro atoms. The average molecular weight is 413 g/mol. The predicted octanol–water partition coefficient (Wildman–Crippen LogP) is 4.96. The molecular weight excluding hydrogens is 387 g/mol. The Hall–Kier alpha value is -2.15. The van der Waals surface area contributed by atoms with Crippen molar-refractivity contribution in [2.45, 2.75) is 68.6 Å². The van der Waals surface area contributed by atoms with Crippen LogP contribution < -0.4 is 0 Å². The maximum absolute atomic E-state index is 14.3. The highest BCUT2D eigenvalue weighted by molar-refractivity contribution is 7.99. The van der Waals surface area contributed by atoms with Gasteiger partial charge in [-0.3, -0.25) is 9.36 Å². The zero-order valence-corrected chi connectivity index (χ0v) is 17.2. The Morgan fingerprint density at radius 2 is 2.00 bits per heavy atom. The van der Waals surface area contributed by atoms with E-state index in [1.54, 1.807) is 12.1 Å². The first kappa shape index (κ1) is 18.9. The van der Waals surface area contributed by atoms with Crippen molar-refractivity contribution in [2.24, 2.45) is 0 Å². The van der Waals surface area contributed by atoms with Crippen molar-refractivity contribution >= 4 is 17.7 Å². The fourth-order valence-corrected chi connectivity index (χ4v) is 4.90. The molecule has 1 aromatic carbocycles. The minimum Gasteiger partial charge on any atom is -0.313 e. The lowest BCUT2D eigenvalue weighted by Gasteiger charge is -2.27. The number of allylic oxidation sites excluding steroid dienone is 2. The maximum atomic E-state index is 14.3. The smallest absolute Gasteiger partial charge is 0.237 e. The zero-order chi connectivity index (χ0) is 19.8. The molecule has 3 aliphatic rings. The number of carbonyl (C=O) groups is 1. The van der Waals surface area contributed by atoms with Gasteiger partial charge >= 0.3 is 0 Å². The molecule has 0 atom stereocenters. The number of halogens is 1. The van der Waals surface area contributed by atoms with Gasteiger partial charge in [0.05, 0.1) is 11.3 Å². The lowest BCUT2D eigenvalue weighted by atomic mass is 10.0. The Labute approximate surface area is 174 Å². The van der Waals surface area contributed by atoms with Gasteiger partial charge in [0.1, 0.15) is 5.82 Å². The van der Waals surface area contributed by atoms with E-state index in [1.807, 2.05) is 15.5 Å². The highest BCUT2D eigenvalue weighted by atomic mass is 32.2. The van der Waals surface area contributed by atoms with Gasteiger partial charge in [-0.05, 0) is 63.5 Å². The number of thioether (sulfide) groups is 1. The molecule has 5 rings (SSSR count). The summed E-state index contributed by atoms with van der Waals surface area (Å²) in [5, 5.41) is 9.32. The van der Waals surface area contributed by atoms with E-state index in [1.165, 1.54) is 29.9 Å². The molecule has 5 nitrogen and oxygen atoms in total. The highest BCUT2D eigenvalue weighted by Gasteiger charge is 2.36. The van der Waals surface area contributed by atoms with Crippen LogP contribution in [0, 0.1) is 5.82 Å².